The van der Waals surface area contributed by atoms with Crippen molar-refractivity contribution in [2.45, 2.75) is 18.2 Å². The van der Waals surface area contributed by atoms with E-state index in [4.69, 9.17) is 9.88 Å². The molecule has 3 aromatic rings. The molecule has 0 atom stereocenters. The van der Waals surface area contributed by atoms with E-state index >= 15 is 0 Å². The number of fused-ring (bicyclic) bond motifs is 1. The fourth-order valence-corrected chi connectivity index (χ4v) is 4.55. The van der Waals surface area contributed by atoms with Crippen LogP contribution in [0, 0.1) is 6.92 Å². The third-order valence-corrected chi connectivity index (χ3v) is 6.67. The first-order valence-electron chi connectivity index (χ1n) is 9.33. The number of amides is 1. The molecule has 31 heavy (non-hydrogen) atoms. The number of hydrogen-bond acceptors (Lipinski definition) is 6. The van der Waals surface area contributed by atoms with Crippen molar-refractivity contribution in [1.82, 2.24) is 4.98 Å². The van der Waals surface area contributed by atoms with Crippen LogP contribution in [0.2, 0.25) is 0 Å². The highest BCUT2D eigenvalue weighted by Crippen LogP contribution is 2.28. The topological polar surface area (TPSA) is 111 Å². The number of anilines is 1. The van der Waals surface area contributed by atoms with Gasteiger partial charge in [0.15, 0.2) is 5.13 Å². The molecule has 7 nitrogen and oxygen atoms in total. The highest BCUT2D eigenvalue weighted by molar-refractivity contribution is 7.89. The van der Waals surface area contributed by atoms with Gasteiger partial charge in [0.2, 0.25) is 10.0 Å². The number of nitrogens with one attached hydrogen (secondary N) is 1. The first-order valence-corrected chi connectivity index (χ1v) is 11.7. The van der Waals surface area contributed by atoms with Crippen LogP contribution in [-0.2, 0) is 21.2 Å². The number of aromatic nitrogens is 1. The Morgan fingerprint density at radius 2 is 1.90 bits per heavy atom. The maximum atomic E-state index is 12.8. The molecule has 0 saturated carbocycles. The van der Waals surface area contributed by atoms with Crippen LogP contribution in [0.25, 0.3) is 6.08 Å². The molecule has 0 bridgehead atoms. The Morgan fingerprint density at radius 3 is 2.65 bits per heavy atom. The zero-order chi connectivity index (χ0) is 22.0. The van der Waals surface area contributed by atoms with Gasteiger partial charge in [-0.15, -0.1) is 11.3 Å². The van der Waals surface area contributed by atoms with Crippen molar-refractivity contribution >= 4 is 38.5 Å². The van der Waals surface area contributed by atoms with Gasteiger partial charge in [0.1, 0.15) is 5.75 Å². The molecule has 1 amide bonds. The number of benzene rings is 2. The van der Waals surface area contributed by atoms with Crippen LogP contribution in [0.15, 0.2) is 71.3 Å². The van der Waals surface area contributed by atoms with E-state index in [1.54, 1.807) is 24.3 Å². The fourth-order valence-electron chi connectivity index (χ4n) is 3.04. The van der Waals surface area contributed by atoms with Crippen molar-refractivity contribution in [1.29, 1.82) is 0 Å². The summed E-state index contributed by atoms with van der Waals surface area (Å²) in [5.41, 5.74) is 2.99. The number of hydrogen-bond donors (Lipinski definition) is 2. The minimum atomic E-state index is -3.72. The van der Waals surface area contributed by atoms with Gasteiger partial charge in [0, 0.05) is 22.4 Å². The fraction of sp³-hybridized carbons (Fsp3) is 0.0909. The number of thiazole rings is 1. The normalized spacial score (nSPS) is 13.0. The summed E-state index contributed by atoms with van der Waals surface area (Å²) in [5.74, 6) is 0.400. The molecule has 0 fully saturated rings. The maximum absolute atomic E-state index is 12.8. The molecule has 0 spiro atoms. The molecule has 4 rings (SSSR count). The van der Waals surface area contributed by atoms with Gasteiger partial charge >= 0.3 is 0 Å². The van der Waals surface area contributed by atoms with Gasteiger partial charge in [-0.05, 0) is 42.8 Å². The molecular weight excluding hydrogens is 434 g/mol. The largest absolute Gasteiger partial charge is 0.464 e. The number of primary sulfonamides is 1. The van der Waals surface area contributed by atoms with Crippen LogP contribution < -0.4 is 15.2 Å². The lowest BCUT2D eigenvalue weighted by Gasteiger charge is -2.03. The second kappa shape index (κ2) is 8.46. The number of nitrogens with zero attached hydrogens (tertiary/aromatic N) is 1. The zero-order valence-corrected chi connectivity index (χ0v) is 18.2. The van der Waals surface area contributed by atoms with E-state index in [2.05, 4.69) is 10.3 Å². The van der Waals surface area contributed by atoms with Gasteiger partial charge < -0.3 is 4.74 Å². The average Bonchev–Trinajstić information content (AvgIpc) is 2.94. The van der Waals surface area contributed by atoms with Gasteiger partial charge in [-0.1, -0.05) is 30.3 Å². The van der Waals surface area contributed by atoms with Gasteiger partial charge in [0.25, 0.3) is 5.91 Å². The van der Waals surface area contributed by atoms with E-state index in [-0.39, 0.29) is 10.8 Å². The lowest BCUT2D eigenvalue weighted by Crippen LogP contribution is -2.12. The van der Waals surface area contributed by atoms with Crippen molar-refractivity contribution in [2.75, 3.05) is 5.32 Å². The van der Waals surface area contributed by atoms with Crippen LogP contribution in [0.4, 0.5) is 5.13 Å². The Hall–Kier alpha value is -3.27. The van der Waals surface area contributed by atoms with Crippen LogP contribution in [0.5, 0.6) is 5.75 Å². The Morgan fingerprint density at radius 1 is 1.16 bits per heavy atom. The summed E-state index contributed by atoms with van der Waals surface area (Å²) in [6.07, 6.45) is 5.43. The molecule has 2 heterocycles. The molecule has 1 aromatic heterocycles. The highest BCUT2D eigenvalue weighted by Gasteiger charge is 2.16. The van der Waals surface area contributed by atoms with Crippen molar-refractivity contribution in [3.05, 3.63) is 88.1 Å². The monoisotopic (exact) mass is 453 g/mol. The first kappa shape index (κ1) is 21.0. The van der Waals surface area contributed by atoms with Crippen molar-refractivity contribution in [3.63, 3.8) is 0 Å². The van der Waals surface area contributed by atoms with Crippen molar-refractivity contribution < 1.29 is 17.9 Å². The smallest absolute Gasteiger partial charge is 0.257 e. The first-order chi connectivity index (χ1) is 14.8. The van der Waals surface area contributed by atoms with E-state index in [9.17, 15) is 13.2 Å². The summed E-state index contributed by atoms with van der Waals surface area (Å²) in [4.78, 5) is 18.2. The van der Waals surface area contributed by atoms with Gasteiger partial charge in [0.05, 0.1) is 16.9 Å². The third-order valence-electron chi connectivity index (χ3n) is 4.66. The maximum Gasteiger partial charge on any atom is 0.257 e. The molecular formula is C22H19N3O4S2. The molecule has 9 heteroatoms. The molecule has 0 aliphatic carbocycles. The standard InChI is InChI=1S/C22H19N3O4S2/c1-14-20(12-15-6-8-18(9-7-15)31(23,27)28)30-22(24-14)25-21(26)17-10-11-29-19-5-3-2-4-16(19)13-17/h2-11,13H,12H2,1H3,(H2,23,27,28)(H,24,25,26). The molecule has 0 unspecified atom stereocenters. The lowest BCUT2D eigenvalue weighted by molar-refractivity contribution is -0.112. The summed E-state index contributed by atoms with van der Waals surface area (Å²) in [6.45, 7) is 1.87. The Bertz CT molecular complexity index is 1310. The highest BCUT2D eigenvalue weighted by atomic mass is 32.2. The molecule has 1 aliphatic rings. The van der Waals surface area contributed by atoms with Gasteiger partial charge in [-0.3, -0.25) is 10.1 Å². The number of nitrogens with two attached hydrogens (primary N) is 1. The molecule has 1 aliphatic heterocycles. The SMILES string of the molecule is Cc1nc(NC(=O)C2=Cc3ccccc3OC=C2)sc1Cc1ccc(S(N)(=O)=O)cc1. The van der Waals surface area contributed by atoms with Gasteiger partial charge in [-0.2, -0.15) is 0 Å². The number of carbonyl (C=O) groups excluding carboxylic acids is 1. The third kappa shape index (κ3) is 4.91. The van der Waals surface area contributed by atoms with E-state index in [0.29, 0.717) is 22.9 Å². The summed E-state index contributed by atoms with van der Waals surface area (Å²) < 4.78 is 28.3. The number of para-hydroxylation sites is 1. The Labute approximate surface area is 184 Å². The van der Waals surface area contributed by atoms with Crippen molar-refractivity contribution in [2.24, 2.45) is 5.14 Å². The molecule has 0 radical (unpaired) electrons. The predicted octanol–water partition coefficient (Wildman–Crippen LogP) is 3.62. The van der Waals surface area contributed by atoms with Gasteiger partial charge in [-0.25, -0.2) is 18.5 Å². The summed E-state index contributed by atoms with van der Waals surface area (Å²) in [5, 5.41) is 8.47. The molecule has 2 aromatic carbocycles. The van der Waals surface area contributed by atoms with Crippen LogP contribution in [-0.4, -0.2) is 19.3 Å². The quantitative estimate of drug-likeness (QED) is 0.613. The van der Waals surface area contributed by atoms with Crippen molar-refractivity contribution in [3.8, 4) is 5.75 Å². The Balaban J connectivity index is 1.49. The van der Waals surface area contributed by atoms with Crippen LogP contribution in [0.1, 0.15) is 21.7 Å². The number of rotatable bonds is 5. The number of ether oxygens (including phenoxy) is 1. The second-order valence-corrected chi connectivity index (χ2v) is 9.55. The molecule has 3 N–H and O–H groups in total. The van der Waals surface area contributed by atoms with Crippen LogP contribution >= 0.6 is 11.3 Å². The summed E-state index contributed by atoms with van der Waals surface area (Å²) in [7, 11) is -3.72. The number of aryl methyl sites for hydroxylation is 1. The molecule has 0 saturated heterocycles. The van der Waals surface area contributed by atoms with E-state index in [1.165, 1.54) is 29.7 Å². The number of sulfonamides is 1. The predicted molar refractivity (Wildman–Crippen MR) is 120 cm³/mol. The zero-order valence-electron chi connectivity index (χ0n) is 16.5. The summed E-state index contributed by atoms with van der Waals surface area (Å²) >= 11 is 1.38. The average molecular weight is 454 g/mol. The number of carbonyl (C=O) groups is 1. The van der Waals surface area contributed by atoms with E-state index < -0.39 is 10.0 Å². The van der Waals surface area contributed by atoms with E-state index in [0.717, 1.165) is 21.7 Å². The molecule has 158 valence electrons. The minimum Gasteiger partial charge on any atom is -0.464 e. The minimum absolute atomic E-state index is 0.0699. The second-order valence-electron chi connectivity index (χ2n) is 6.91. The lowest BCUT2D eigenvalue weighted by atomic mass is 10.1. The van der Waals surface area contributed by atoms with Crippen LogP contribution in [0.3, 0.4) is 0 Å². The Kier molecular flexibility index (Phi) is 5.73. The van der Waals surface area contributed by atoms with E-state index in [1.807, 2.05) is 31.2 Å². The summed E-state index contributed by atoms with van der Waals surface area (Å²) in [6, 6.07) is 13.9.